The van der Waals surface area contributed by atoms with Crippen molar-refractivity contribution in [3.8, 4) is 11.1 Å². The number of aromatic nitrogens is 2. The molecule has 0 aliphatic rings. The maximum absolute atomic E-state index is 11.9. The lowest BCUT2D eigenvalue weighted by molar-refractivity contribution is -0.192. The topological polar surface area (TPSA) is 107 Å². The molecule has 0 saturated heterocycles. The van der Waals surface area contributed by atoms with E-state index in [-0.39, 0.29) is 6.03 Å². The molecule has 0 spiro atoms. The quantitative estimate of drug-likeness (QED) is 0.525. The van der Waals surface area contributed by atoms with Crippen LogP contribution in [0.15, 0.2) is 67.0 Å². The molecule has 2 amide bonds. The summed E-state index contributed by atoms with van der Waals surface area (Å²) in [5, 5.41) is 19.5. The number of carboxylic acids is 1. The van der Waals surface area contributed by atoms with Crippen molar-refractivity contribution in [1.29, 1.82) is 0 Å². The monoisotopic (exact) mass is 406 g/mol. The van der Waals surface area contributed by atoms with E-state index in [4.69, 9.17) is 9.90 Å². The second kappa shape index (κ2) is 9.93. The van der Waals surface area contributed by atoms with E-state index in [2.05, 4.69) is 20.8 Å². The van der Waals surface area contributed by atoms with Crippen LogP contribution < -0.4 is 10.6 Å². The number of anilines is 1. The molecule has 0 aliphatic heterocycles. The second-order valence-electron chi connectivity index (χ2n) is 5.66. The molecule has 1 heterocycles. The van der Waals surface area contributed by atoms with Crippen LogP contribution in [-0.2, 0) is 11.3 Å². The maximum Gasteiger partial charge on any atom is 0.490 e. The van der Waals surface area contributed by atoms with Crippen molar-refractivity contribution in [3.05, 3.63) is 72.6 Å². The molecule has 29 heavy (non-hydrogen) atoms. The van der Waals surface area contributed by atoms with E-state index in [0.29, 0.717) is 6.54 Å². The number of aliphatic carboxylic acids is 1. The van der Waals surface area contributed by atoms with Crippen LogP contribution in [0.3, 0.4) is 0 Å². The molecule has 3 rings (SSSR count). The van der Waals surface area contributed by atoms with Gasteiger partial charge in [0.1, 0.15) is 0 Å². The van der Waals surface area contributed by atoms with Crippen LogP contribution in [0.5, 0.6) is 0 Å². The Morgan fingerprint density at radius 1 is 1.00 bits per heavy atom. The van der Waals surface area contributed by atoms with Gasteiger partial charge >= 0.3 is 18.2 Å². The Morgan fingerprint density at radius 3 is 2.14 bits per heavy atom. The van der Waals surface area contributed by atoms with Crippen molar-refractivity contribution in [2.75, 3.05) is 5.32 Å². The Labute approximate surface area is 163 Å². The van der Waals surface area contributed by atoms with Crippen molar-refractivity contribution in [2.45, 2.75) is 12.7 Å². The van der Waals surface area contributed by atoms with Crippen LogP contribution in [0.4, 0.5) is 23.7 Å². The summed E-state index contributed by atoms with van der Waals surface area (Å²) in [6, 6.07) is 17.2. The van der Waals surface area contributed by atoms with Crippen LogP contribution in [0, 0.1) is 0 Å². The Balaban J connectivity index is 0.000000370. The molecule has 0 radical (unpaired) electrons. The number of halogens is 3. The van der Waals surface area contributed by atoms with Crippen LogP contribution in [0.1, 0.15) is 5.56 Å². The molecular weight excluding hydrogens is 389 g/mol. The van der Waals surface area contributed by atoms with E-state index in [1.54, 1.807) is 6.20 Å². The number of hydrogen-bond donors (Lipinski definition) is 4. The summed E-state index contributed by atoms with van der Waals surface area (Å²) in [5.41, 5.74) is 3.87. The van der Waals surface area contributed by atoms with Gasteiger partial charge < -0.3 is 15.7 Å². The molecule has 0 bridgehead atoms. The average molecular weight is 406 g/mol. The SMILES string of the molecule is O=C(NCc1ccccc1)Nc1ccc(-c2cn[nH]c2)cc1.O=C(O)C(F)(F)F. The summed E-state index contributed by atoms with van der Waals surface area (Å²) in [6.07, 6.45) is -1.50. The molecule has 0 atom stereocenters. The zero-order valence-electron chi connectivity index (χ0n) is 14.9. The van der Waals surface area contributed by atoms with E-state index in [1.165, 1.54) is 0 Å². The number of aromatic amines is 1. The number of carboxylic acid groups (broad SMARTS) is 1. The lowest BCUT2D eigenvalue weighted by Crippen LogP contribution is -2.28. The highest BCUT2D eigenvalue weighted by atomic mass is 19.4. The van der Waals surface area contributed by atoms with Gasteiger partial charge in [0, 0.05) is 24.0 Å². The molecule has 0 fully saturated rings. The smallest absolute Gasteiger partial charge is 0.475 e. The van der Waals surface area contributed by atoms with Gasteiger partial charge in [-0.15, -0.1) is 0 Å². The first-order valence-corrected chi connectivity index (χ1v) is 8.24. The van der Waals surface area contributed by atoms with Crippen LogP contribution in [-0.4, -0.2) is 33.5 Å². The van der Waals surface area contributed by atoms with E-state index in [9.17, 15) is 18.0 Å². The van der Waals surface area contributed by atoms with E-state index in [1.807, 2.05) is 60.8 Å². The van der Waals surface area contributed by atoms with Gasteiger partial charge in [-0.3, -0.25) is 5.10 Å². The lowest BCUT2D eigenvalue weighted by atomic mass is 10.1. The highest BCUT2D eigenvalue weighted by Gasteiger charge is 2.38. The van der Waals surface area contributed by atoms with Crippen molar-refractivity contribution < 1.29 is 27.9 Å². The molecule has 10 heteroatoms. The van der Waals surface area contributed by atoms with Crippen LogP contribution in [0.2, 0.25) is 0 Å². The third kappa shape index (κ3) is 7.37. The molecule has 7 nitrogen and oxygen atoms in total. The summed E-state index contributed by atoms with van der Waals surface area (Å²) >= 11 is 0. The minimum absolute atomic E-state index is 0.222. The fourth-order valence-electron chi connectivity index (χ4n) is 2.11. The Kier molecular flexibility index (Phi) is 7.35. The number of nitrogens with zero attached hydrogens (tertiary/aromatic N) is 1. The predicted molar refractivity (Wildman–Crippen MR) is 100 cm³/mol. The number of urea groups is 1. The van der Waals surface area contributed by atoms with Gasteiger partial charge in [-0.25, -0.2) is 9.59 Å². The number of nitrogens with one attached hydrogen (secondary N) is 3. The first kappa shape index (κ1) is 21.5. The van der Waals surface area contributed by atoms with Gasteiger partial charge in [-0.05, 0) is 23.3 Å². The van der Waals surface area contributed by atoms with Gasteiger partial charge in [0.2, 0.25) is 0 Å². The standard InChI is InChI=1S/C17H16N4O.C2HF3O2/c22-17(18-10-13-4-2-1-3-5-13)21-16-8-6-14(7-9-16)15-11-19-20-12-15;3-2(4,5)1(6)7/h1-9,11-12H,10H2,(H,19,20)(H2,18,21,22);(H,6,7). The fourth-order valence-corrected chi connectivity index (χ4v) is 2.11. The van der Waals surface area contributed by atoms with E-state index in [0.717, 1.165) is 22.4 Å². The first-order chi connectivity index (χ1) is 13.8. The third-order valence-corrected chi connectivity index (χ3v) is 3.51. The minimum Gasteiger partial charge on any atom is -0.475 e. The van der Waals surface area contributed by atoms with Crippen LogP contribution in [0.25, 0.3) is 11.1 Å². The van der Waals surface area contributed by atoms with Gasteiger partial charge in [-0.1, -0.05) is 42.5 Å². The van der Waals surface area contributed by atoms with Gasteiger partial charge in [-0.2, -0.15) is 18.3 Å². The third-order valence-electron chi connectivity index (χ3n) is 3.51. The lowest BCUT2D eigenvalue weighted by Gasteiger charge is -2.08. The van der Waals surface area contributed by atoms with Crippen molar-refractivity contribution in [3.63, 3.8) is 0 Å². The van der Waals surface area contributed by atoms with Crippen molar-refractivity contribution in [1.82, 2.24) is 15.5 Å². The number of hydrogen-bond acceptors (Lipinski definition) is 3. The Bertz CT molecular complexity index is 912. The summed E-state index contributed by atoms with van der Waals surface area (Å²) in [4.78, 5) is 20.8. The molecule has 0 saturated carbocycles. The highest BCUT2D eigenvalue weighted by Crippen LogP contribution is 2.19. The minimum atomic E-state index is -5.08. The zero-order chi connectivity index (χ0) is 21.3. The van der Waals surface area contributed by atoms with Gasteiger partial charge in [0.25, 0.3) is 0 Å². The Morgan fingerprint density at radius 2 is 1.62 bits per heavy atom. The fraction of sp³-hybridized carbons (Fsp3) is 0.105. The number of amides is 2. The van der Waals surface area contributed by atoms with Crippen LogP contribution >= 0.6 is 0 Å². The molecule has 3 aromatic rings. The molecule has 2 aromatic carbocycles. The van der Waals surface area contributed by atoms with Gasteiger partial charge in [0.15, 0.2) is 0 Å². The summed E-state index contributed by atoms with van der Waals surface area (Å²) in [5.74, 6) is -2.76. The number of rotatable bonds is 4. The summed E-state index contributed by atoms with van der Waals surface area (Å²) in [6.45, 7) is 0.500. The highest BCUT2D eigenvalue weighted by molar-refractivity contribution is 5.89. The number of H-pyrrole nitrogens is 1. The molecule has 1 aromatic heterocycles. The molecule has 152 valence electrons. The number of alkyl halides is 3. The van der Waals surface area contributed by atoms with Crippen molar-refractivity contribution >= 4 is 17.7 Å². The number of carbonyl (C=O) groups is 2. The molecule has 0 unspecified atom stereocenters. The molecular formula is C19H17F3N4O3. The van der Waals surface area contributed by atoms with Gasteiger partial charge in [0.05, 0.1) is 6.20 Å². The largest absolute Gasteiger partial charge is 0.490 e. The van der Waals surface area contributed by atoms with E-state index >= 15 is 0 Å². The first-order valence-electron chi connectivity index (χ1n) is 8.24. The number of carbonyl (C=O) groups excluding carboxylic acids is 1. The second-order valence-corrected chi connectivity index (χ2v) is 5.66. The maximum atomic E-state index is 11.9. The zero-order valence-corrected chi connectivity index (χ0v) is 14.9. The number of benzene rings is 2. The summed E-state index contributed by atoms with van der Waals surface area (Å²) < 4.78 is 31.7. The average Bonchev–Trinajstić information content (AvgIpc) is 3.22. The Hall–Kier alpha value is -3.82. The summed E-state index contributed by atoms with van der Waals surface area (Å²) in [7, 11) is 0. The van der Waals surface area contributed by atoms with E-state index < -0.39 is 12.1 Å². The molecule has 4 N–H and O–H groups in total. The normalized spacial score (nSPS) is 10.4. The molecule has 0 aliphatic carbocycles. The predicted octanol–water partition coefficient (Wildman–Crippen LogP) is 4.03. The van der Waals surface area contributed by atoms with Crippen molar-refractivity contribution in [2.24, 2.45) is 0 Å².